The molecule has 0 spiro atoms. The highest BCUT2D eigenvalue weighted by atomic mass is 14.9. The molecule has 0 saturated heterocycles. The summed E-state index contributed by atoms with van der Waals surface area (Å²) in [5.74, 6) is 0.923. The first-order valence-corrected chi connectivity index (χ1v) is 5.43. The van der Waals surface area contributed by atoms with Gasteiger partial charge in [-0.25, -0.2) is 0 Å². The number of rotatable bonds is 3. The summed E-state index contributed by atoms with van der Waals surface area (Å²) in [6.07, 6.45) is 7.18. The zero-order valence-corrected chi connectivity index (χ0v) is 8.40. The molecule has 0 bridgehead atoms. The van der Waals surface area contributed by atoms with Crippen molar-refractivity contribution in [2.75, 3.05) is 6.54 Å². The topological polar surface area (TPSA) is 12.0 Å². The van der Waals surface area contributed by atoms with Crippen LogP contribution < -0.4 is 5.32 Å². The predicted octanol–water partition coefficient (Wildman–Crippen LogP) is 2.56. The molecule has 70 valence electrons. The Bertz CT molecular complexity index is 160. The molecule has 1 N–H and O–H groups in total. The van der Waals surface area contributed by atoms with Gasteiger partial charge in [0.2, 0.25) is 0 Å². The van der Waals surface area contributed by atoms with Gasteiger partial charge in [-0.2, -0.15) is 0 Å². The molecule has 0 aromatic rings. The summed E-state index contributed by atoms with van der Waals surface area (Å²) in [5.41, 5.74) is 0.683. The van der Waals surface area contributed by atoms with Crippen LogP contribution in [0.3, 0.4) is 0 Å². The maximum Gasteiger partial charge on any atom is 0.00929 e. The van der Waals surface area contributed by atoms with Gasteiger partial charge in [0.25, 0.3) is 0 Å². The minimum absolute atomic E-state index is 0.683. The molecule has 0 radical (unpaired) electrons. The largest absolute Gasteiger partial charge is 0.313 e. The summed E-state index contributed by atoms with van der Waals surface area (Å²) in [5, 5.41) is 3.73. The Balaban J connectivity index is 1.72. The molecule has 2 aliphatic rings. The fraction of sp³-hybridized carbons (Fsp3) is 1.00. The summed E-state index contributed by atoms with van der Waals surface area (Å²) in [6, 6.07) is 0.836. The van der Waals surface area contributed by atoms with E-state index in [4.69, 9.17) is 0 Å². The lowest BCUT2D eigenvalue weighted by Crippen LogP contribution is -2.34. The second-order valence-corrected chi connectivity index (χ2v) is 5.21. The molecule has 0 amide bonds. The quantitative estimate of drug-likeness (QED) is 0.681. The van der Waals surface area contributed by atoms with E-state index < -0.39 is 0 Å². The van der Waals surface area contributed by atoms with Crippen LogP contribution in [0, 0.1) is 11.3 Å². The monoisotopic (exact) mass is 167 g/mol. The molecule has 1 heteroatoms. The van der Waals surface area contributed by atoms with Crippen LogP contribution in [0.2, 0.25) is 0 Å². The Morgan fingerprint density at radius 3 is 2.58 bits per heavy atom. The zero-order chi connectivity index (χ0) is 8.60. The van der Waals surface area contributed by atoms with Gasteiger partial charge >= 0.3 is 0 Å². The molecule has 0 aliphatic heterocycles. The lowest BCUT2D eigenvalue weighted by atomic mass is 10.0. The van der Waals surface area contributed by atoms with Crippen LogP contribution in [-0.2, 0) is 0 Å². The maximum absolute atomic E-state index is 3.73. The number of nitrogens with one attached hydrogen (secondary N) is 1. The van der Waals surface area contributed by atoms with Crippen molar-refractivity contribution in [3.63, 3.8) is 0 Å². The van der Waals surface area contributed by atoms with Gasteiger partial charge in [-0.3, -0.25) is 0 Å². The highest BCUT2D eigenvalue weighted by Crippen LogP contribution is 2.44. The van der Waals surface area contributed by atoms with Gasteiger partial charge in [0.15, 0.2) is 0 Å². The first-order valence-electron chi connectivity index (χ1n) is 5.43. The van der Waals surface area contributed by atoms with Crippen LogP contribution in [0.15, 0.2) is 0 Å². The van der Waals surface area contributed by atoms with Crippen molar-refractivity contribution in [2.24, 2.45) is 11.3 Å². The van der Waals surface area contributed by atoms with Crippen molar-refractivity contribution in [1.82, 2.24) is 5.32 Å². The minimum atomic E-state index is 0.683. The first kappa shape index (κ1) is 8.55. The predicted molar refractivity (Wildman–Crippen MR) is 52.1 cm³/mol. The van der Waals surface area contributed by atoms with Crippen LogP contribution in [-0.4, -0.2) is 12.6 Å². The number of hydrogen-bond donors (Lipinski definition) is 1. The van der Waals surface area contributed by atoms with Crippen LogP contribution in [0.1, 0.15) is 46.0 Å². The van der Waals surface area contributed by atoms with E-state index in [1.54, 1.807) is 0 Å². The molecular weight excluding hydrogens is 146 g/mol. The van der Waals surface area contributed by atoms with Crippen molar-refractivity contribution in [3.05, 3.63) is 0 Å². The average molecular weight is 167 g/mol. The third-order valence-electron chi connectivity index (χ3n) is 3.76. The summed E-state index contributed by atoms with van der Waals surface area (Å²) in [7, 11) is 0. The average Bonchev–Trinajstić information content (AvgIpc) is 2.61. The molecular formula is C11H21N. The van der Waals surface area contributed by atoms with Crippen molar-refractivity contribution in [3.8, 4) is 0 Å². The molecule has 1 nitrogen and oxygen atoms in total. The van der Waals surface area contributed by atoms with Crippen molar-refractivity contribution in [1.29, 1.82) is 0 Å². The van der Waals surface area contributed by atoms with Gasteiger partial charge in [0.1, 0.15) is 0 Å². The Morgan fingerprint density at radius 1 is 1.33 bits per heavy atom. The van der Waals surface area contributed by atoms with Gasteiger partial charge in [-0.1, -0.05) is 20.3 Å². The molecule has 2 unspecified atom stereocenters. The molecule has 0 heterocycles. The van der Waals surface area contributed by atoms with E-state index in [9.17, 15) is 0 Å². The van der Waals surface area contributed by atoms with Crippen molar-refractivity contribution < 1.29 is 0 Å². The number of hydrogen-bond acceptors (Lipinski definition) is 1. The Kier molecular flexibility index (Phi) is 2.16. The SMILES string of the molecule is CC1CCCC1NCC1(C)CC1. The van der Waals surface area contributed by atoms with E-state index in [1.165, 1.54) is 38.6 Å². The standard InChI is InChI=1S/C11H21N/c1-9-4-3-5-10(9)12-8-11(2)6-7-11/h9-10,12H,3-8H2,1-2H3. The summed E-state index contributed by atoms with van der Waals surface area (Å²) in [4.78, 5) is 0. The smallest absolute Gasteiger partial charge is 0.00929 e. The zero-order valence-electron chi connectivity index (χ0n) is 8.40. The van der Waals surface area contributed by atoms with Crippen molar-refractivity contribution in [2.45, 2.75) is 52.0 Å². The fourth-order valence-corrected chi connectivity index (χ4v) is 2.22. The summed E-state index contributed by atoms with van der Waals surface area (Å²) < 4.78 is 0. The first-order chi connectivity index (χ1) is 5.70. The second kappa shape index (κ2) is 3.02. The van der Waals surface area contributed by atoms with E-state index in [0.717, 1.165) is 12.0 Å². The molecule has 2 rings (SSSR count). The van der Waals surface area contributed by atoms with Crippen LogP contribution in [0.5, 0.6) is 0 Å². The maximum atomic E-state index is 3.73. The van der Waals surface area contributed by atoms with Gasteiger partial charge in [0.05, 0.1) is 0 Å². The van der Waals surface area contributed by atoms with Crippen LogP contribution in [0.4, 0.5) is 0 Å². The molecule has 2 fully saturated rings. The molecule has 0 aromatic heterocycles. The Hall–Kier alpha value is -0.0400. The molecule has 2 saturated carbocycles. The van der Waals surface area contributed by atoms with Gasteiger partial charge < -0.3 is 5.32 Å². The normalized spacial score (nSPS) is 38.5. The van der Waals surface area contributed by atoms with E-state index in [2.05, 4.69) is 19.2 Å². The molecule has 2 atom stereocenters. The van der Waals surface area contributed by atoms with E-state index in [0.29, 0.717) is 5.41 Å². The molecule has 12 heavy (non-hydrogen) atoms. The lowest BCUT2D eigenvalue weighted by molar-refractivity contribution is 0.383. The third kappa shape index (κ3) is 1.82. The Morgan fingerprint density at radius 2 is 2.08 bits per heavy atom. The van der Waals surface area contributed by atoms with Gasteiger partial charge in [0, 0.05) is 12.6 Å². The van der Waals surface area contributed by atoms with E-state index in [-0.39, 0.29) is 0 Å². The fourth-order valence-electron chi connectivity index (χ4n) is 2.22. The summed E-state index contributed by atoms with van der Waals surface area (Å²) in [6.45, 7) is 6.06. The van der Waals surface area contributed by atoms with E-state index in [1.807, 2.05) is 0 Å². The highest BCUT2D eigenvalue weighted by Gasteiger charge is 2.37. The van der Waals surface area contributed by atoms with Gasteiger partial charge in [-0.15, -0.1) is 0 Å². The lowest BCUT2D eigenvalue weighted by Gasteiger charge is -2.19. The molecule has 2 aliphatic carbocycles. The Labute approximate surface area is 75.9 Å². The highest BCUT2D eigenvalue weighted by molar-refractivity contribution is 4.92. The van der Waals surface area contributed by atoms with Crippen LogP contribution >= 0.6 is 0 Å². The van der Waals surface area contributed by atoms with Crippen LogP contribution in [0.25, 0.3) is 0 Å². The second-order valence-electron chi connectivity index (χ2n) is 5.21. The summed E-state index contributed by atoms with van der Waals surface area (Å²) >= 11 is 0. The van der Waals surface area contributed by atoms with E-state index >= 15 is 0 Å². The third-order valence-corrected chi connectivity index (χ3v) is 3.76. The minimum Gasteiger partial charge on any atom is -0.313 e. The molecule has 0 aromatic carbocycles. The van der Waals surface area contributed by atoms with Crippen molar-refractivity contribution >= 4 is 0 Å². The van der Waals surface area contributed by atoms with Gasteiger partial charge in [-0.05, 0) is 37.0 Å².